The van der Waals surface area contributed by atoms with E-state index in [9.17, 15) is 0 Å². The fraction of sp³-hybridized carbons (Fsp3) is 0.600. The summed E-state index contributed by atoms with van der Waals surface area (Å²) in [5.74, 6) is 0.381. The number of halogens is 2. The Balaban J connectivity index is 1.99. The summed E-state index contributed by atoms with van der Waals surface area (Å²) in [4.78, 5) is 10.0. The highest BCUT2D eigenvalue weighted by Crippen LogP contribution is 2.21. The Bertz CT molecular complexity index is 375. The second-order valence-electron chi connectivity index (χ2n) is 4.03. The molecule has 0 aromatic carbocycles. The van der Waals surface area contributed by atoms with Crippen LogP contribution in [0.15, 0.2) is 6.20 Å². The first-order chi connectivity index (χ1) is 7.69. The van der Waals surface area contributed by atoms with Gasteiger partial charge in [0.1, 0.15) is 5.15 Å². The number of aliphatic hydroxyl groups is 1. The smallest absolute Gasteiger partial charge is 0.223 e. The van der Waals surface area contributed by atoms with Gasteiger partial charge < -0.3 is 5.11 Å². The van der Waals surface area contributed by atoms with Crippen molar-refractivity contribution in [3.63, 3.8) is 0 Å². The van der Waals surface area contributed by atoms with Gasteiger partial charge >= 0.3 is 0 Å². The number of likely N-dealkylation sites (tertiary alicyclic amines) is 1. The molecule has 0 saturated carbocycles. The van der Waals surface area contributed by atoms with Crippen molar-refractivity contribution in [2.45, 2.75) is 13.0 Å². The average Bonchev–Trinajstić information content (AvgIpc) is 2.70. The molecule has 6 heteroatoms. The van der Waals surface area contributed by atoms with E-state index in [2.05, 4.69) is 14.9 Å². The predicted octanol–water partition coefficient (Wildman–Crippen LogP) is 1.60. The quantitative estimate of drug-likeness (QED) is 0.664. The molecule has 4 nitrogen and oxygen atoms in total. The van der Waals surface area contributed by atoms with Gasteiger partial charge in [-0.1, -0.05) is 11.6 Å². The molecule has 1 aromatic rings. The largest absolute Gasteiger partial charge is 0.396 e. The van der Waals surface area contributed by atoms with Gasteiger partial charge in [-0.3, -0.25) is 4.90 Å². The molecular formula is C10H13Cl2N3O. The Kier molecular flexibility index (Phi) is 3.97. The second kappa shape index (κ2) is 5.27. The third-order valence-electron chi connectivity index (χ3n) is 2.80. The lowest BCUT2D eigenvalue weighted by Gasteiger charge is -2.15. The fourth-order valence-electron chi connectivity index (χ4n) is 1.92. The molecule has 1 aliphatic heterocycles. The summed E-state index contributed by atoms with van der Waals surface area (Å²) < 4.78 is 0. The van der Waals surface area contributed by atoms with Gasteiger partial charge in [-0.05, 0) is 30.5 Å². The van der Waals surface area contributed by atoms with Crippen LogP contribution in [0.5, 0.6) is 0 Å². The monoisotopic (exact) mass is 261 g/mol. The number of aromatic nitrogens is 2. The summed E-state index contributed by atoms with van der Waals surface area (Å²) in [5, 5.41) is 9.63. The molecule has 0 bridgehead atoms. The van der Waals surface area contributed by atoms with Crippen LogP contribution in [0, 0.1) is 5.92 Å². The van der Waals surface area contributed by atoms with Gasteiger partial charge in [0.15, 0.2) is 0 Å². The van der Waals surface area contributed by atoms with Crippen LogP contribution in [0.3, 0.4) is 0 Å². The van der Waals surface area contributed by atoms with E-state index in [4.69, 9.17) is 28.3 Å². The summed E-state index contributed by atoms with van der Waals surface area (Å²) in [6.45, 7) is 2.84. The van der Waals surface area contributed by atoms with Crippen LogP contribution in [0.25, 0.3) is 0 Å². The van der Waals surface area contributed by atoms with Gasteiger partial charge in [0, 0.05) is 31.5 Å². The molecular weight excluding hydrogens is 249 g/mol. The number of rotatable bonds is 3. The predicted molar refractivity (Wildman–Crippen MR) is 62.5 cm³/mol. The third kappa shape index (κ3) is 2.83. The molecule has 2 heterocycles. The molecule has 0 unspecified atom stereocenters. The first kappa shape index (κ1) is 12.0. The molecule has 88 valence electrons. The zero-order valence-electron chi connectivity index (χ0n) is 8.74. The molecule has 0 amide bonds. The highest BCUT2D eigenvalue weighted by Gasteiger charge is 2.22. The van der Waals surface area contributed by atoms with E-state index in [1.54, 1.807) is 6.20 Å². The third-order valence-corrected chi connectivity index (χ3v) is 3.31. The van der Waals surface area contributed by atoms with Crippen LogP contribution >= 0.6 is 23.2 Å². The van der Waals surface area contributed by atoms with E-state index in [1.165, 1.54) is 0 Å². The SMILES string of the molecule is OC[C@H]1CCN(Cc2cnc(Cl)nc2Cl)C1. The maximum absolute atomic E-state index is 9.05. The zero-order valence-corrected chi connectivity index (χ0v) is 10.2. The van der Waals surface area contributed by atoms with E-state index >= 15 is 0 Å². The minimum Gasteiger partial charge on any atom is -0.396 e. The van der Waals surface area contributed by atoms with Crippen molar-refractivity contribution in [1.82, 2.24) is 14.9 Å². The van der Waals surface area contributed by atoms with Crippen molar-refractivity contribution >= 4 is 23.2 Å². The Hall–Kier alpha value is -0.420. The Morgan fingerprint density at radius 3 is 2.94 bits per heavy atom. The average molecular weight is 262 g/mol. The summed E-state index contributed by atoms with van der Waals surface area (Å²) in [6, 6.07) is 0. The Labute approximate surface area is 104 Å². The van der Waals surface area contributed by atoms with Gasteiger partial charge in [0.2, 0.25) is 5.28 Å². The lowest BCUT2D eigenvalue weighted by atomic mass is 10.1. The molecule has 1 N–H and O–H groups in total. The minimum absolute atomic E-state index is 0.170. The Morgan fingerprint density at radius 1 is 1.50 bits per heavy atom. The minimum atomic E-state index is 0.170. The highest BCUT2D eigenvalue weighted by molar-refractivity contribution is 6.32. The zero-order chi connectivity index (χ0) is 11.5. The van der Waals surface area contributed by atoms with E-state index in [-0.39, 0.29) is 11.9 Å². The van der Waals surface area contributed by atoms with Crippen LogP contribution in [-0.4, -0.2) is 39.7 Å². The lowest BCUT2D eigenvalue weighted by molar-refractivity contribution is 0.220. The first-order valence-corrected chi connectivity index (χ1v) is 5.94. The molecule has 1 fully saturated rings. The standard InChI is InChI=1S/C10H13Cl2N3O/c11-9-8(3-13-10(12)14-9)5-15-2-1-7(4-15)6-16/h3,7,16H,1-2,4-6H2/t7-/m0/s1. The van der Waals surface area contributed by atoms with Gasteiger partial charge in [-0.2, -0.15) is 0 Å². The molecule has 0 spiro atoms. The molecule has 16 heavy (non-hydrogen) atoms. The van der Waals surface area contributed by atoms with Crippen molar-refractivity contribution in [3.8, 4) is 0 Å². The van der Waals surface area contributed by atoms with E-state index in [0.717, 1.165) is 25.1 Å². The lowest BCUT2D eigenvalue weighted by Crippen LogP contribution is -2.21. The van der Waals surface area contributed by atoms with Crippen LogP contribution in [0.2, 0.25) is 10.4 Å². The Morgan fingerprint density at radius 2 is 2.31 bits per heavy atom. The maximum atomic E-state index is 9.05. The van der Waals surface area contributed by atoms with Gasteiger partial charge in [0.05, 0.1) is 0 Å². The maximum Gasteiger partial charge on any atom is 0.223 e. The fourth-order valence-corrected chi connectivity index (χ4v) is 2.28. The molecule has 1 atom stereocenters. The van der Waals surface area contributed by atoms with E-state index in [1.807, 2.05) is 0 Å². The summed E-state index contributed by atoms with van der Waals surface area (Å²) >= 11 is 11.6. The number of hydrogen-bond donors (Lipinski definition) is 1. The van der Waals surface area contributed by atoms with Crippen molar-refractivity contribution in [2.75, 3.05) is 19.7 Å². The van der Waals surface area contributed by atoms with Crippen molar-refractivity contribution < 1.29 is 5.11 Å². The summed E-state index contributed by atoms with van der Waals surface area (Å²) in [6.07, 6.45) is 2.69. The molecule has 1 saturated heterocycles. The molecule has 0 radical (unpaired) electrons. The van der Waals surface area contributed by atoms with Crippen LogP contribution < -0.4 is 0 Å². The van der Waals surface area contributed by atoms with Crippen LogP contribution in [0.1, 0.15) is 12.0 Å². The van der Waals surface area contributed by atoms with E-state index < -0.39 is 0 Å². The highest BCUT2D eigenvalue weighted by atomic mass is 35.5. The van der Waals surface area contributed by atoms with Crippen molar-refractivity contribution in [1.29, 1.82) is 0 Å². The van der Waals surface area contributed by atoms with Crippen molar-refractivity contribution in [2.24, 2.45) is 5.92 Å². The molecule has 1 aromatic heterocycles. The topological polar surface area (TPSA) is 49.2 Å². The molecule has 1 aliphatic rings. The number of nitrogens with zero attached hydrogens (tertiary/aromatic N) is 3. The molecule has 0 aliphatic carbocycles. The number of aliphatic hydroxyl groups excluding tert-OH is 1. The summed E-state index contributed by atoms with van der Waals surface area (Å²) in [5.41, 5.74) is 0.879. The normalized spacial score (nSPS) is 21.6. The first-order valence-electron chi connectivity index (χ1n) is 5.19. The number of hydrogen-bond acceptors (Lipinski definition) is 4. The van der Waals surface area contributed by atoms with E-state index in [0.29, 0.717) is 17.6 Å². The van der Waals surface area contributed by atoms with Crippen LogP contribution in [-0.2, 0) is 6.54 Å². The van der Waals surface area contributed by atoms with Gasteiger partial charge in [0.25, 0.3) is 0 Å². The van der Waals surface area contributed by atoms with Crippen molar-refractivity contribution in [3.05, 3.63) is 22.2 Å². The van der Waals surface area contributed by atoms with Gasteiger partial charge in [-0.15, -0.1) is 0 Å². The summed E-state index contributed by atoms with van der Waals surface area (Å²) in [7, 11) is 0. The molecule has 2 rings (SSSR count). The van der Waals surface area contributed by atoms with Gasteiger partial charge in [-0.25, -0.2) is 9.97 Å². The second-order valence-corrected chi connectivity index (χ2v) is 4.72. The van der Waals surface area contributed by atoms with Crippen LogP contribution in [0.4, 0.5) is 0 Å².